The minimum Gasteiger partial charge on any atom is -0.444 e. The van der Waals surface area contributed by atoms with E-state index in [2.05, 4.69) is 16.7 Å². The Morgan fingerprint density at radius 2 is 1.71 bits per heavy atom. The Balaban J connectivity index is 2.45. The van der Waals surface area contributed by atoms with Crippen LogP contribution in [0.1, 0.15) is 61.9 Å². The Labute approximate surface area is 224 Å². The first kappa shape index (κ1) is 29.9. The van der Waals surface area contributed by atoms with Gasteiger partial charge in [-0.2, -0.15) is 0 Å². The highest BCUT2D eigenvalue weighted by molar-refractivity contribution is 5.93. The highest BCUT2D eigenvalue weighted by atomic mass is 16.6. The minimum absolute atomic E-state index is 0.128. The molecule has 0 aliphatic carbocycles. The molecule has 2 rings (SSSR count). The lowest BCUT2D eigenvalue weighted by Crippen LogP contribution is -2.51. The summed E-state index contributed by atoms with van der Waals surface area (Å²) in [5.74, 6) is -1.91. The van der Waals surface area contributed by atoms with E-state index in [9.17, 15) is 19.2 Å². The second-order valence-electron chi connectivity index (χ2n) is 9.94. The first-order chi connectivity index (χ1) is 17.8. The molecular formula is C29H36N4O5. The van der Waals surface area contributed by atoms with Crippen LogP contribution in [0.2, 0.25) is 0 Å². The molecule has 9 nitrogen and oxygen atoms in total. The normalized spacial score (nSPS) is 12.4. The van der Waals surface area contributed by atoms with Gasteiger partial charge in [-0.3, -0.25) is 19.3 Å². The van der Waals surface area contributed by atoms with E-state index >= 15 is 0 Å². The van der Waals surface area contributed by atoms with E-state index < -0.39 is 41.5 Å². The molecule has 9 heteroatoms. The quantitative estimate of drug-likeness (QED) is 0.327. The van der Waals surface area contributed by atoms with Crippen molar-refractivity contribution in [2.75, 3.05) is 0 Å². The predicted molar refractivity (Wildman–Crippen MR) is 144 cm³/mol. The number of hydrogen-bond donors (Lipinski definition) is 3. The number of amides is 4. The van der Waals surface area contributed by atoms with Gasteiger partial charge in [0.15, 0.2) is 0 Å². The monoisotopic (exact) mass is 520 g/mol. The van der Waals surface area contributed by atoms with Gasteiger partial charge in [0.2, 0.25) is 11.8 Å². The summed E-state index contributed by atoms with van der Waals surface area (Å²) in [6, 6.07) is 14.6. The topological polar surface area (TPSA) is 131 Å². The molecule has 2 aromatic rings. The van der Waals surface area contributed by atoms with E-state index in [1.165, 1.54) is 0 Å². The van der Waals surface area contributed by atoms with Gasteiger partial charge in [-0.15, -0.1) is 0 Å². The van der Waals surface area contributed by atoms with E-state index in [1.807, 2.05) is 50.2 Å². The molecule has 0 saturated carbocycles. The number of nitrogens with one attached hydrogen (secondary N) is 2. The maximum atomic E-state index is 13.8. The summed E-state index contributed by atoms with van der Waals surface area (Å²) in [7, 11) is 0. The fraction of sp³-hybridized carbons (Fsp3) is 0.379. The Bertz CT molecular complexity index is 1200. The average Bonchev–Trinajstić information content (AvgIpc) is 2.84. The summed E-state index contributed by atoms with van der Waals surface area (Å²) in [6.45, 7) is 8.97. The molecule has 4 N–H and O–H groups in total. The molecule has 0 spiro atoms. The van der Waals surface area contributed by atoms with Crippen LogP contribution in [0, 0.1) is 26.3 Å². The van der Waals surface area contributed by atoms with E-state index in [0.29, 0.717) is 5.56 Å². The van der Waals surface area contributed by atoms with Crippen LogP contribution in [-0.2, 0) is 25.7 Å². The van der Waals surface area contributed by atoms with Crippen molar-refractivity contribution >= 4 is 23.8 Å². The molecule has 4 amide bonds. The lowest BCUT2D eigenvalue weighted by molar-refractivity contribution is -0.139. The summed E-state index contributed by atoms with van der Waals surface area (Å²) in [4.78, 5) is 52.3. The van der Waals surface area contributed by atoms with Gasteiger partial charge < -0.3 is 21.1 Å². The predicted octanol–water partition coefficient (Wildman–Crippen LogP) is 3.24. The van der Waals surface area contributed by atoms with E-state index in [0.717, 1.165) is 21.6 Å². The van der Waals surface area contributed by atoms with E-state index in [1.54, 1.807) is 32.9 Å². The molecule has 0 saturated heterocycles. The molecule has 0 aliphatic heterocycles. The van der Waals surface area contributed by atoms with Gasteiger partial charge in [0.25, 0.3) is 5.91 Å². The molecule has 0 heterocycles. The summed E-state index contributed by atoms with van der Waals surface area (Å²) >= 11 is 0. The number of nitrogens with two attached hydrogens (primary N) is 1. The standard InChI is InChI=1S/C29H36N4O5/c1-7-33(27(36)23(16-17-24(30)34)32-28(37)38-29(4,5)6)25(22-15-11-12-19(2)20(22)3)26(35)31-18-21-13-9-8-10-14-21/h1,8-15,23,25H,16-18H2,2-6H3,(H2,30,34)(H,31,35)(H,32,37). The number of nitrogens with zero attached hydrogens (tertiary/aromatic N) is 1. The zero-order valence-corrected chi connectivity index (χ0v) is 22.5. The Hall–Kier alpha value is -4.32. The third kappa shape index (κ3) is 8.66. The molecule has 0 fully saturated rings. The number of benzene rings is 2. The first-order valence-electron chi connectivity index (χ1n) is 12.3. The highest BCUT2D eigenvalue weighted by Gasteiger charge is 2.36. The molecule has 0 bridgehead atoms. The summed E-state index contributed by atoms with van der Waals surface area (Å²) in [5, 5.41) is 5.35. The summed E-state index contributed by atoms with van der Waals surface area (Å²) in [6.07, 6.45) is 4.62. The number of rotatable bonds is 10. The molecule has 0 radical (unpaired) electrons. The minimum atomic E-state index is -1.26. The smallest absolute Gasteiger partial charge is 0.408 e. The second kappa shape index (κ2) is 13.3. The number of hydrogen-bond acceptors (Lipinski definition) is 5. The fourth-order valence-electron chi connectivity index (χ4n) is 3.78. The average molecular weight is 521 g/mol. The van der Waals surface area contributed by atoms with Crippen LogP contribution in [0.3, 0.4) is 0 Å². The Morgan fingerprint density at radius 1 is 1.05 bits per heavy atom. The van der Waals surface area contributed by atoms with Gasteiger partial charge in [0.05, 0.1) is 0 Å². The lowest BCUT2D eigenvalue weighted by atomic mass is 9.95. The fourth-order valence-corrected chi connectivity index (χ4v) is 3.78. The van der Waals surface area contributed by atoms with Crippen LogP contribution in [0.4, 0.5) is 4.79 Å². The Kier molecular flexibility index (Phi) is 10.5. The molecule has 0 aliphatic rings. The number of ether oxygens (including phenoxy) is 1. The van der Waals surface area contributed by atoms with Crippen LogP contribution < -0.4 is 16.4 Å². The van der Waals surface area contributed by atoms with Crippen LogP contribution in [0.15, 0.2) is 48.5 Å². The van der Waals surface area contributed by atoms with Crippen LogP contribution in [0.25, 0.3) is 0 Å². The van der Waals surface area contributed by atoms with Gasteiger partial charge >= 0.3 is 6.09 Å². The van der Waals surface area contributed by atoms with Crippen molar-refractivity contribution < 1.29 is 23.9 Å². The van der Waals surface area contributed by atoms with E-state index in [-0.39, 0.29) is 19.4 Å². The van der Waals surface area contributed by atoms with Crippen molar-refractivity contribution in [3.8, 4) is 12.5 Å². The third-order valence-electron chi connectivity index (χ3n) is 5.80. The van der Waals surface area contributed by atoms with Gasteiger partial charge in [0, 0.05) is 19.0 Å². The van der Waals surface area contributed by atoms with Crippen molar-refractivity contribution in [2.45, 2.75) is 71.7 Å². The van der Waals surface area contributed by atoms with Crippen molar-refractivity contribution in [3.05, 3.63) is 70.8 Å². The SMILES string of the molecule is C#CN(C(=O)C(CCC(N)=O)NC(=O)OC(C)(C)C)C(C(=O)NCc1ccccc1)c1cccc(C)c1C. The number of carbonyl (C=O) groups is 4. The maximum Gasteiger partial charge on any atom is 0.408 e. The van der Waals surface area contributed by atoms with Crippen molar-refractivity contribution in [1.82, 2.24) is 15.5 Å². The van der Waals surface area contributed by atoms with Crippen molar-refractivity contribution in [1.29, 1.82) is 0 Å². The maximum absolute atomic E-state index is 13.8. The van der Waals surface area contributed by atoms with Crippen LogP contribution in [0.5, 0.6) is 0 Å². The number of aryl methyl sites for hydroxylation is 1. The van der Waals surface area contributed by atoms with Gasteiger partial charge in [-0.1, -0.05) is 55.0 Å². The van der Waals surface area contributed by atoms with Crippen LogP contribution >= 0.6 is 0 Å². The van der Waals surface area contributed by atoms with Crippen molar-refractivity contribution in [2.24, 2.45) is 5.73 Å². The molecule has 0 aromatic heterocycles. The Morgan fingerprint density at radius 3 is 2.29 bits per heavy atom. The molecule has 38 heavy (non-hydrogen) atoms. The second-order valence-corrected chi connectivity index (χ2v) is 9.94. The van der Waals surface area contributed by atoms with E-state index in [4.69, 9.17) is 16.9 Å². The molecule has 2 aromatic carbocycles. The first-order valence-corrected chi connectivity index (χ1v) is 12.3. The third-order valence-corrected chi connectivity index (χ3v) is 5.80. The van der Waals surface area contributed by atoms with Crippen LogP contribution in [-0.4, -0.2) is 40.4 Å². The van der Waals surface area contributed by atoms with Crippen molar-refractivity contribution in [3.63, 3.8) is 0 Å². The number of carbonyl (C=O) groups excluding carboxylic acids is 4. The number of alkyl carbamates (subject to hydrolysis) is 1. The molecule has 202 valence electrons. The zero-order valence-electron chi connectivity index (χ0n) is 22.5. The zero-order chi connectivity index (χ0) is 28.5. The molecular weight excluding hydrogens is 484 g/mol. The van der Waals surface area contributed by atoms with Gasteiger partial charge in [-0.25, -0.2) is 4.79 Å². The summed E-state index contributed by atoms with van der Waals surface area (Å²) in [5.41, 5.74) is 7.57. The highest BCUT2D eigenvalue weighted by Crippen LogP contribution is 2.27. The lowest BCUT2D eigenvalue weighted by Gasteiger charge is -2.31. The van der Waals surface area contributed by atoms with Gasteiger partial charge in [-0.05, 0) is 63.3 Å². The molecule has 2 atom stereocenters. The largest absolute Gasteiger partial charge is 0.444 e. The number of primary amides is 1. The van der Waals surface area contributed by atoms with Gasteiger partial charge in [0.1, 0.15) is 17.7 Å². The number of terminal acetylenes is 1. The summed E-state index contributed by atoms with van der Waals surface area (Å²) < 4.78 is 5.29. The molecule has 2 unspecified atom stereocenters.